The lowest BCUT2D eigenvalue weighted by molar-refractivity contribution is 0.0946. The fraction of sp³-hybridized carbons (Fsp3) is 0.167. The van der Waals surface area contributed by atoms with Gasteiger partial charge in [-0.1, -0.05) is 6.07 Å². The largest absolute Gasteiger partial charge is 0.493 e. The van der Waals surface area contributed by atoms with Gasteiger partial charge in [-0.3, -0.25) is 9.78 Å². The summed E-state index contributed by atoms with van der Waals surface area (Å²) < 4.78 is 10.5. The fourth-order valence-corrected chi connectivity index (χ4v) is 2.36. The predicted octanol–water partition coefficient (Wildman–Crippen LogP) is 2.58. The first-order valence-electron chi connectivity index (χ1n) is 7.41. The average molecular weight is 323 g/mol. The number of rotatable bonds is 5. The number of aromatic nitrogens is 2. The third-order valence-electron chi connectivity index (χ3n) is 3.62. The topological polar surface area (TPSA) is 73.3 Å². The van der Waals surface area contributed by atoms with Crippen molar-refractivity contribution in [1.82, 2.24) is 15.3 Å². The molecule has 2 aromatic heterocycles. The zero-order chi connectivity index (χ0) is 16.9. The van der Waals surface area contributed by atoms with Crippen LogP contribution >= 0.6 is 0 Å². The number of nitrogens with one attached hydrogen (secondary N) is 1. The Morgan fingerprint density at radius 3 is 2.71 bits per heavy atom. The van der Waals surface area contributed by atoms with Crippen LogP contribution < -0.4 is 14.8 Å². The normalized spacial score (nSPS) is 10.4. The summed E-state index contributed by atoms with van der Waals surface area (Å²) in [4.78, 5) is 20.7. The molecule has 0 atom stereocenters. The number of nitrogens with zero attached hydrogens (tertiary/aromatic N) is 2. The van der Waals surface area contributed by atoms with E-state index in [9.17, 15) is 4.79 Å². The van der Waals surface area contributed by atoms with Crippen molar-refractivity contribution in [3.63, 3.8) is 0 Å². The van der Waals surface area contributed by atoms with Crippen LogP contribution in [0.15, 0.2) is 48.8 Å². The molecule has 1 N–H and O–H groups in total. The van der Waals surface area contributed by atoms with Gasteiger partial charge in [0.25, 0.3) is 5.91 Å². The number of hydrogen-bond acceptors (Lipinski definition) is 5. The molecular formula is C18H17N3O3. The monoisotopic (exact) mass is 323 g/mol. The van der Waals surface area contributed by atoms with Crippen molar-refractivity contribution < 1.29 is 14.3 Å². The Balaban J connectivity index is 1.72. The number of ether oxygens (including phenoxy) is 2. The molecule has 6 nitrogen and oxygen atoms in total. The van der Waals surface area contributed by atoms with Gasteiger partial charge in [0.2, 0.25) is 0 Å². The molecule has 24 heavy (non-hydrogen) atoms. The molecule has 0 aliphatic carbocycles. The summed E-state index contributed by atoms with van der Waals surface area (Å²) >= 11 is 0. The molecule has 0 aliphatic rings. The predicted molar refractivity (Wildman–Crippen MR) is 90.3 cm³/mol. The van der Waals surface area contributed by atoms with Crippen LogP contribution in [-0.2, 0) is 6.54 Å². The van der Waals surface area contributed by atoms with Gasteiger partial charge in [-0.15, -0.1) is 0 Å². The molecule has 0 saturated carbocycles. The minimum absolute atomic E-state index is 0.233. The van der Waals surface area contributed by atoms with E-state index in [1.165, 1.54) is 0 Å². The molecule has 1 aromatic carbocycles. The van der Waals surface area contributed by atoms with E-state index in [2.05, 4.69) is 15.3 Å². The summed E-state index contributed by atoms with van der Waals surface area (Å²) in [5, 5.41) is 3.75. The Morgan fingerprint density at radius 1 is 1.08 bits per heavy atom. The summed E-state index contributed by atoms with van der Waals surface area (Å²) in [7, 11) is 3.16. The van der Waals surface area contributed by atoms with Gasteiger partial charge in [0.1, 0.15) is 5.69 Å². The van der Waals surface area contributed by atoms with E-state index in [0.717, 1.165) is 16.5 Å². The quantitative estimate of drug-likeness (QED) is 0.781. The molecule has 3 rings (SSSR count). The van der Waals surface area contributed by atoms with E-state index >= 15 is 0 Å². The van der Waals surface area contributed by atoms with Crippen LogP contribution in [0, 0.1) is 0 Å². The van der Waals surface area contributed by atoms with Crippen molar-refractivity contribution in [3.8, 4) is 11.5 Å². The Bertz CT molecular complexity index is 880. The lowest BCUT2D eigenvalue weighted by Crippen LogP contribution is -2.23. The van der Waals surface area contributed by atoms with Crippen LogP contribution in [0.2, 0.25) is 0 Å². The van der Waals surface area contributed by atoms with Crippen LogP contribution in [0.3, 0.4) is 0 Å². The highest BCUT2D eigenvalue weighted by Gasteiger charge is 2.09. The minimum atomic E-state index is -0.233. The maximum absolute atomic E-state index is 12.3. The minimum Gasteiger partial charge on any atom is -0.493 e. The van der Waals surface area contributed by atoms with Gasteiger partial charge < -0.3 is 14.8 Å². The van der Waals surface area contributed by atoms with Crippen molar-refractivity contribution in [2.24, 2.45) is 0 Å². The lowest BCUT2D eigenvalue weighted by atomic mass is 10.2. The highest BCUT2D eigenvalue weighted by atomic mass is 16.5. The average Bonchev–Trinajstić information content (AvgIpc) is 2.65. The van der Waals surface area contributed by atoms with Crippen LogP contribution in [0.4, 0.5) is 0 Å². The van der Waals surface area contributed by atoms with Gasteiger partial charge in [-0.2, -0.15) is 0 Å². The van der Waals surface area contributed by atoms with Crippen molar-refractivity contribution in [3.05, 3.63) is 60.0 Å². The van der Waals surface area contributed by atoms with Crippen molar-refractivity contribution in [2.75, 3.05) is 14.2 Å². The van der Waals surface area contributed by atoms with E-state index in [-0.39, 0.29) is 5.91 Å². The number of carbonyl (C=O) groups is 1. The number of hydrogen-bond donors (Lipinski definition) is 1. The second-order valence-corrected chi connectivity index (χ2v) is 5.14. The number of pyridine rings is 2. The number of methoxy groups -OCH3 is 2. The second-order valence-electron chi connectivity index (χ2n) is 5.14. The smallest absolute Gasteiger partial charge is 0.270 e. The van der Waals surface area contributed by atoms with Gasteiger partial charge in [-0.05, 0) is 35.9 Å². The maximum atomic E-state index is 12.3. The van der Waals surface area contributed by atoms with Gasteiger partial charge >= 0.3 is 0 Å². The van der Waals surface area contributed by atoms with Crippen LogP contribution in [0.5, 0.6) is 11.5 Å². The van der Waals surface area contributed by atoms with Crippen molar-refractivity contribution in [2.45, 2.75) is 6.54 Å². The Kier molecular flexibility index (Phi) is 4.56. The molecule has 0 fully saturated rings. The van der Waals surface area contributed by atoms with Crippen LogP contribution in [0.25, 0.3) is 10.9 Å². The summed E-state index contributed by atoms with van der Waals surface area (Å²) in [6.07, 6.45) is 3.37. The summed E-state index contributed by atoms with van der Waals surface area (Å²) in [6.45, 7) is 0.370. The van der Waals surface area contributed by atoms with Crippen molar-refractivity contribution in [1.29, 1.82) is 0 Å². The van der Waals surface area contributed by atoms with E-state index in [1.807, 2.05) is 24.3 Å². The zero-order valence-corrected chi connectivity index (χ0v) is 13.4. The molecule has 0 radical (unpaired) electrons. The van der Waals surface area contributed by atoms with Gasteiger partial charge in [0.05, 0.1) is 19.7 Å². The molecule has 3 aromatic rings. The number of benzene rings is 1. The first-order valence-corrected chi connectivity index (χ1v) is 7.41. The molecule has 1 amide bonds. The fourth-order valence-electron chi connectivity index (χ4n) is 2.36. The summed E-state index contributed by atoms with van der Waals surface area (Å²) in [6, 6.07) is 10.8. The standard InChI is InChI=1S/C18H17N3O3/c1-23-16-6-3-12(9-17(16)24-2)10-20-18(22)15-5-4-13-11-19-8-7-14(13)21-15/h3-9,11H,10H2,1-2H3,(H,20,22). The SMILES string of the molecule is COc1ccc(CNC(=O)c2ccc3cnccc3n2)cc1OC. The third kappa shape index (κ3) is 3.27. The number of amides is 1. The third-order valence-corrected chi connectivity index (χ3v) is 3.62. The summed E-state index contributed by atoms with van der Waals surface area (Å²) in [5.41, 5.74) is 2.02. The van der Waals surface area contributed by atoms with Crippen molar-refractivity contribution >= 4 is 16.8 Å². The van der Waals surface area contributed by atoms with Gasteiger partial charge in [0, 0.05) is 24.3 Å². The first kappa shape index (κ1) is 15.7. The van der Waals surface area contributed by atoms with Crippen LogP contribution in [0.1, 0.15) is 16.1 Å². The zero-order valence-electron chi connectivity index (χ0n) is 13.4. The van der Waals surface area contributed by atoms with E-state index in [1.54, 1.807) is 38.7 Å². The van der Waals surface area contributed by atoms with Crippen LogP contribution in [-0.4, -0.2) is 30.1 Å². The molecule has 0 unspecified atom stereocenters. The molecule has 0 aliphatic heterocycles. The molecule has 6 heteroatoms. The Labute approximate surface area is 139 Å². The number of carbonyl (C=O) groups excluding carboxylic acids is 1. The molecule has 0 saturated heterocycles. The maximum Gasteiger partial charge on any atom is 0.270 e. The Morgan fingerprint density at radius 2 is 1.92 bits per heavy atom. The van der Waals surface area contributed by atoms with Gasteiger partial charge in [0.15, 0.2) is 11.5 Å². The lowest BCUT2D eigenvalue weighted by Gasteiger charge is -2.10. The van der Waals surface area contributed by atoms with E-state index in [4.69, 9.17) is 9.47 Å². The highest BCUT2D eigenvalue weighted by Crippen LogP contribution is 2.27. The second kappa shape index (κ2) is 6.95. The molecule has 0 bridgehead atoms. The number of fused-ring (bicyclic) bond motifs is 1. The van der Waals surface area contributed by atoms with E-state index in [0.29, 0.717) is 23.7 Å². The van der Waals surface area contributed by atoms with Gasteiger partial charge in [-0.25, -0.2) is 4.98 Å². The molecule has 122 valence electrons. The molecular weight excluding hydrogens is 306 g/mol. The first-order chi connectivity index (χ1) is 11.7. The highest BCUT2D eigenvalue weighted by molar-refractivity contribution is 5.94. The molecule has 2 heterocycles. The van der Waals surface area contributed by atoms with E-state index < -0.39 is 0 Å². The summed E-state index contributed by atoms with van der Waals surface area (Å²) in [5.74, 6) is 1.04. The molecule has 0 spiro atoms. The Hall–Kier alpha value is -3.15.